The van der Waals surface area contributed by atoms with E-state index < -0.39 is 0 Å². The number of carbonyl (C=O) groups excluding carboxylic acids is 1. The Hall–Kier alpha value is -0.610. The average Bonchev–Trinajstić information content (AvgIpc) is 3.28. The average molecular weight is 280 g/mol. The highest BCUT2D eigenvalue weighted by Gasteiger charge is 2.50. The summed E-state index contributed by atoms with van der Waals surface area (Å²) in [4.78, 5) is 12.3. The Morgan fingerprint density at radius 1 is 1.00 bits per heavy atom. The molecule has 112 valence electrons. The first kappa shape index (κ1) is 13.1. The minimum atomic E-state index is -0.00191. The lowest BCUT2D eigenvalue weighted by atomic mass is 9.80. The van der Waals surface area contributed by atoms with Gasteiger partial charge in [-0.05, 0) is 43.4 Å². The zero-order valence-corrected chi connectivity index (χ0v) is 12.3. The zero-order chi connectivity index (χ0) is 13.9. The Morgan fingerprint density at radius 2 is 1.80 bits per heavy atom. The standard InChI is InChI=1S/C16H24O4/c1-8-4-12-13(19-12)6-11(8)16(17)18-7-10-3-9(2)15-14(5-10)20-15/h8-15H,3-7H2,1-2H3. The van der Waals surface area contributed by atoms with Gasteiger partial charge in [-0.25, -0.2) is 0 Å². The van der Waals surface area contributed by atoms with Crippen LogP contribution < -0.4 is 0 Å². The predicted octanol–water partition coefficient (Wildman–Crippen LogP) is 2.16. The minimum absolute atomic E-state index is 0.00191. The predicted molar refractivity (Wildman–Crippen MR) is 72.1 cm³/mol. The normalized spacial score (nSPS) is 52.7. The third-order valence-electron chi connectivity index (χ3n) is 5.68. The monoisotopic (exact) mass is 280 g/mol. The van der Waals surface area contributed by atoms with E-state index >= 15 is 0 Å². The number of fused-ring (bicyclic) bond motifs is 2. The van der Waals surface area contributed by atoms with Crippen molar-refractivity contribution < 1.29 is 19.0 Å². The van der Waals surface area contributed by atoms with Crippen LogP contribution in [0.5, 0.6) is 0 Å². The molecule has 2 heterocycles. The highest BCUT2D eigenvalue weighted by Crippen LogP contribution is 2.44. The number of hydrogen-bond donors (Lipinski definition) is 0. The van der Waals surface area contributed by atoms with Gasteiger partial charge in [0.1, 0.15) is 0 Å². The van der Waals surface area contributed by atoms with Crippen LogP contribution in [0.1, 0.15) is 39.5 Å². The molecule has 2 aliphatic heterocycles. The molecular weight excluding hydrogens is 256 g/mol. The van der Waals surface area contributed by atoms with Gasteiger partial charge in [-0.15, -0.1) is 0 Å². The lowest BCUT2D eigenvalue weighted by Gasteiger charge is -2.27. The number of carbonyl (C=O) groups is 1. The number of hydrogen-bond acceptors (Lipinski definition) is 4. The van der Waals surface area contributed by atoms with Crippen LogP contribution in [0.2, 0.25) is 0 Å². The fourth-order valence-electron chi connectivity index (χ4n) is 4.31. The minimum Gasteiger partial charge on any atom is -0.465 e. The van der Waals surface area contributed by atoms with E-state index in [-0.39, 0.29) is 11.9 Å². The quantitative estimate of drug-likeness (QED) is 0.587. The maximum absolute atomic E-state index is 12.3. The van der Waals surface area contributed by atoms with E-state index in [1.165, 1.54) is 0 Å². The molecule has 4 rings (SSSR count). The van der Waals surface area contributed by atoms with Crippen LogP contribution in [-0.2, 0) is 19.0 Å². The highest BCUT2D eigenvalue weighted by molar-refractivity contribution is 5.73. The van der Waals surface area contributed by atoms with Crippen LogP contribution in [0.4, 0.5) is 0 Å². The van der Waals surface area contributed by atoms with E-state index in [0.29, 0.717) is 48.8 Å². The van der Waals surface area contributed by atoms with Crippen molar-refractivity contribution in [3.05, 3.63) is 0 Å². The lowest BCUT2D eigenvalue weighted by molar-refractivity contribution is -0.153. The van der Waals surface area contributed by atoms with Gasteiger partial charge in [0, 0.05) is 0 Å². The third kappa shape index (κ3) is 2.37. The molecule has 4 heteroatoms. The first-order chi connectivity index (χ1) is 9.61. The lowest BCUT2D eigenvalue weighted by Crippen LogP contribution is -2.32. The van der Waals surface area contributed by atoms with Gasteiger partial charge >= 0.3 is 5.97 Å². The summed E-state index contributed by atoms with van der Waals surface area (Å²) in [6.07, 6.45) is 5.76. The van der Waals surface area contributed by atoms with E-state index in [9.17, 15) is 4.79 Å². The van der Waals surface area contributed by atoms with E-state index in [4.69, 9.17) is 14.2 Å². The molecule has 2 saturated heterocycles. The third-order valence-corrected chi connectivity index (χ3v) is 5.68. The molecule has 0 aromatic heterocycles. The molecule has 0 N–H and O–H groups in total. The van der Waals surface area contributed by atoms with Gasteiger partial charge in [-0.2, -0.15) is 0 Å². The Kier molecular flexibility index (Phi) is 3.08. The van der Waals surface area contributed by atoms with Gasteiger partial charge in [0.15, 0.2) is 0 Å². The fraction of sp³-hybridized carbons (Fsp3) is 0.938. The van der Waals surface area contributed by atoms with Crippen LogP contribution in [0.15, 0.2) is 0 Å². The van der Waals surface area contributed by atoms with E-state index in [2.05, 4.69) is 13.8 Å². The molecule has 4 fully saturated rings. The number of rotatable bonds is 3. The second-order valence-electron chi connectivity index (χ2n) is 7.35. The van der Waals surface area contributed by atoms with Crippen molar-refractivity contribution >= 4 is 5.97 Å². The summed E-state index contributed by atoms with van der Waals surface area (Å²) < 4.78 is 16.8. The Bertz CT molecular complexity index is 409. The van der Waals surface area contributed by atoms with E-state index in [0.717, 1.165) is 25.7 Å². The molecule has 2 saturated carbocycles. The molecule has 8 unspecified atom stereocenters. The summed E-state index contributed by atoms with van der Waals surface area (Å²) in [5.74, 6) is 1.54. The van der Waals surface area contributed by atoms with Crippen LogP contribution in [-0.4, -0.2) is 37.0 Å². The molecule has 0 spiro atoms. The highest BCUT2D eigenvalue weighted by atomic mass is 16.6. The molecule has 2 aliphatic carbocycles. The molecule has 0 aromatic carbocycles. The topological polar surface area (TPSA) is 51.4 Å². The van der Waals surface area contributed by atoms with Crippen molar-refractivity contribution in [1.82, 2.24) is 0 Å². The van der Waals surface area contributed by atoms with Crippen molar-refractivity contribution in [3.63, 3.8) is 0 Å². The zero-order valence-electron chi connectivity index (χ0n) is 12.3. The smallest absolute Gasteiger partial charge is 0.309 e. The maximum atomic E-state index is 12.3. The summed E-state index contributed by atoms with van der Waals surface area (Å²) in [5.41, 5.74) is 0. The second-order valence-corrected chi connectivity index (χ2v) is 7.35. The Labute approximate surface area is 120 Å². The Morgan fingerprint density at radius 3 is 2.60 bits per heavy atom. The van der Waals surface area contributed by atoms with E-state index in [1.54, 1.807) is 0 Å². The maximum Gasteiger partial charge on any atom is 0.309 e. The Balaban J connectivity index is 1.27. The van der Waals surface area contributed by atoms with Crippen LogP contribution in [0.3, 0.4) is 0 Å². The second kappa shape index (κ2) is 4.70. The SMILES string of the molecule is CC1CC2OC2CC1C(=O)OCC1CC(C)C2OC2C1. The van der Waals surface area contributed by atoms with Gasteiger partial charge in [0.2, 0.25) is 0 Å². The van der Waals surface area contributed by atoms with Crippen molar-refractivity contribution in [3.8, 4) is 0 Å². The van der Waals surface area contributed by atoms with Crippen LogP contribution >= 0.6 is 0 Å². The number of epoxide rings is 2. The largest absolute Gasteiger partial charge is 0.465 e. The summed E-state index contributed by atoms with van der Waals surface area (Å²) in [5, 5.41) is 0. The van der Waals surface area contributed by atoms with Gasteiger partial charge in [0.05, 0.1) is 36.9 Å². The van der Waals surface area contributed by atoms with Gasteiger partial charge < -0.3 is 14.2 Å². The van der Waals surface area contributed by atoms with Crippen molar-refractivity contribution in [2.45, 2.75) is 63.9 Å². The summed E-state index contributed by atoms with van der Waals surface area (Å²) >= 11 is 0. The van der Waals surface area contributed by atoms with Gasteiger partial charge in [-0.3, -0.25) is 4.79 Å². The van der Waals surface area contributed by atoms with Crippen molar-refractivity contribution in [2.24, 2.45) is 23.7 Å². The van der Waals surface area contributed by atoms with Gasteiger partial charge in [-0.1, -0.05) is 13.8 Å². The molecule has 0 aromatic rings. The summed E-state index contributed by atoms with van der Waals surface area (Å²) in [6, 6.07) is 0. The summed E-state index contributed by atoms with van der Waals surface area (Å²) in [7, 11) is 0. The van der Waals surface area contributed by atoms with E-state index in [1.807, 2.05) is 0 Å². The molecule has 0 bridgehead atoms. The van der Waals surface area contributed by atoms with Crippen LogP contribution in [0.25, 0.3) is 0 Å². The van der Waals surface area contributed by atoms with Crippen LogP contribution in [0, 0.1) is 23.7 Å². The molecule has 8 atom stereocenters. The van der Waals surface area contributed by atoms with Crippen molar-refractivity contribution in [2.75, 3.05) is 6.61 Å². The molecular formula is C16H24O4. The number of esters is 1. The van der Waals surface area contributed by atoms with Crippen molar-refractivity contribution in [1.29, 1.82) is 0 Å². The first-order valence-corrected chi connectivity index (χ1v) is 8.09. The summed E-state index contributed by atoms with van der Waals surface area (Å²) in [6.45, 7) is 4.97. The van der Waals surface area contributed by atoms with Gasteiger partial charge in [0.25, 0.3) is 0 Å². The molecule has 0 radical (unpaired) electrons. The molecule has 4 nitrogen and oxygen atoms in total. The molecule has 0 amide bonds. The number of ether oxygens (including phenoxy) is 3. The molecule has 20 heavy (non-hydrogen) atoms. The molecule has 4 aliphatic rings. The fourth-order valence-corrected chi connectivity index (χ4v) is 4.31. The first-order valence-electron chi connectivity index (χ1n) is 8.09.